The van der Waals surface area contributed by atoms with Crippen LogP contribution in [0.3, 0.4) is 0 Å². The largest absolute Gasteiger partial charge is 0.384 e. The fourth-order valence-electron chi connectivity index (χ4n) is 3.42. The summed E-state index contributed by atoms with van der Waals surface area (Å²) >= 11 is 5.90. The second-order valence-corrected chi connectivity index (χ2v) is 6.84. The van der Waals surface area contributed by atoms with Crippen molar-refractivity contribution in [3.63, 3.8) is 0 Å². The first kappa shape index (κ1) is 15.1. The number of benzene rings is 1. The molecule has 0 spiro atoms. The molecule has 0 saturated carbocycles. The summed E-state index contributed by atoms with van der Waals surface area (Å²) in [6, 6.07) is 5.20. The van der Waals surface area contributed by atoms with Gasteiger partial charge in [-0.2, -0.15) is 0 Å². The zero-order chi connectivity index (χ0) is 16.0. The Morgan fingerprint density at radius 2 is 2.22 bits per heavy atom. The number of halogens is 2. The average Bonchev–Trinajstić information content (AvgIpc) is 2.91. The molecule has 0 bridgehead atoms. The van der Waals surface area contributed by atoms with Gasteiger partial charge in [0.25, 0.3) is 0 Å². The van der Waals surface area contributed by atoms with Gasteiger partial charge in [0.05, 0.1) is 30.9 Å². The highest BCUT2D eigenvalue weighted by atomic mass is 35.5. The minimum Gasteiger partial charge on any atom is -0.384 e. The van der Waals surface area contributed by atoms with Crippen LogP contribution in [0.25, 0.3) is 5.57 Å². The average molecular weight is 337 g/mol. The van der Waals surface area contributed by atoms with Crippen molar-refractivity contribution in [1.82, 2.24) is 10.2 Å². The topological polar surface area (TPSA) is 44.7 Å². The van der Waals surface area contributed by atoms with E-state index in [0.29, 0.717) is 38.4 Å². The summed E-state index contributed by atoms with van der Waals surface area (Å²) in [5.74, 6) is -0.374. The Hall–Kier alpha value is -1.40. The zero-order valence-corrected chi connectivity index (χ0v) is 13.3. The van der Waals surface area contributed by atoms with Gasteiger partial charge in [0, 0.05) is 17.8 Å². The van der Waals surface area contributed by atoms with Crippen molar-refractivity contribution in [2.24, 2.45) is 0 Å². The third-order valence-electron chi connectivity index (χ3n) is 4.70. The highest BCUT2D eigenvalue weighted by molar-refractivity contribution is 6.30. The fourth-order valence-corrected chi connectivity index (χ4v) is 3.59. The second kappa shape index (κ2) is 5.60. The number of ether oxygens (including phenoxy) is 1. The van der Waals surface area contributed by atoms with Crippen LogP contribution in [0, 0.1) is 5.82 Å². The van der Waals surface area contributed by atoms with E-state index in [-0.39, 0.29) is 16.9 Å². The lowest BCUT2D eigenvalue weighted by molar-refractivity contribution is -0.187. The summed E-state index contributed by atoms with van der Waals surface area (Å²) in [6.07, 6.45) is 4.62. The molecule has 0 aromatic heterocycles. The van der Waals surface area contributed by atoms with Gasteiger partial charge in [0.1, 0.15) is 11.4 Å². The number of fused-ring (bicyclic) bond motifs is 1. The Kier molecular flexibility index (Phi) is 3.69. The van der Waals surface area contributed by atoms with Crippen molar-refractivity contribution < 1.29 is 14.2 Å². The molecule has 6 heteroatoms. The number of nitrogens with zero attached hydrogens (tertiary/aromatic N) is 1. The van der Waals surface area contributed by atoms with Crippen LogP contribution in [0.15, 0.2) is 36.0 Å². The third kappa shape index (κ3) is 2.68. The SMILES string of the molecule is OC1(CN2CNC3=CC=C(c4cccc(Cl)c4F)CC32)COC1. The molecule has 1 aromatic carbocycles. The molecule has 23 heavy (non-hydrogen) atoms. The molecule has 3 aliphatic rings. The van der Waals surface area contributed by atoms with E-state index in [9.17, 15) is 9.50 Å². The van der Waals surface area contributed by atoms with Gasteiger partial charge in [-0.15, -0.1) is 0 Å². The molecule has 1 atom stereocenters. The van der Waals surface area contributed by atoms with E-state index in [2.05, 4.69) is 10.2 Å². The number of hydrogen-bond donors (Lipinski definition) is 2. The second-order valence-electron chi connectivity index (χ2n) is 6.43. The summed E-state index contributed by atoms with van der Waals surface area (Å²) in [4.78, 5) is 2.18. The van der Waals surface area contributed by atoms with Crippen molar-refractivity contribution in [3.05, 3.63) is 52.5 Å². The number of allylic oxidation sites excluding steroid dienone is 2. The van der Waals surface area contributed by atoms with Gasteiger partial charge in [-0.3, -0.25) is 4.90 Å². The van der Waals surface area contributed by atoms with Gasteiger partial charge in [-0.25, -0.2) is 4.39 Å². The van der Waals surface area contributed by atoms with E-state index in [1.54, 1.807) is 18.2 Å². The summed E-state index contributed by atoms with van der Waals surface area (Å²) < 4.78 is 19.4. The molecule has 2 saturated heterocycles. The molecular formula is C17H18ClFN2O2. The van der Waals surface area contributed by atoms with Crippen LogP contribution in [0.5, 0.6) is 0 Å². The molecule has 2 aliphatic heterocycles. The van der Waals surface area contributed by atoms with Crippen LogP contribution in [0.2, 0.25) is 5.02 Å². The number of β-amino-alcohol motifs (C(OH)–C–C–N with tert-alkyl or cyclic N) is 1. The normalized spacial score (nSPS) is 26.0. The number of nitrogens with one attached hydrogen (secondary N) is 1. The molecule has 1 unspecified atom stereocenters. The van der Waals surface area contributed by atoms with E-state index < -0.39 is 5.60 Å². The van der Waals surface area contributed by atoms with E-state index in [0.717, 1.165) is 11.3 Å². The van der Waals surface area contributed by atoms with Crippen molar-refractivity contribution in [3.8, 4) is 0 Å². The first-order valence-electron chi connectivity index (χ1n) is 7.69. The quantitative estimate of drug-likeness (QED) is 0.887. The highest BCUT2D eigenvalue weighted by Crippen LogP contribution is 2.35. The van der Waals surface area contributed by atoms with Gasteiger partial charge in [0.2, 0.25) is 0 Å². The van der Waals surface area contributed by atoms with Crippen LogP contribution in [-0.2, 0) is 4.74 Å². The highest BCUT2D eigenvalue weighted by Gasteiger charge is 2.42. The monoisotopic (exact) mass is 336 g/mol. The lowest BCUT2D eigenvalue weighted by Crippen LogP contribution is -2.57. The molecule has 2 fully saturated rings. The molecule has 122 valence electrons. The predicted molar refractivity (Wildman–Crippen MR) is 86.4 cm³/mol. The molecule has 4 rings (SSSR count). The Bertz CT molecular complexity index is 700. The van der Waals surface area contributed by atoms with Crippen molar-refractivity contribution >= 4 is 17.2 Å². The van der Waals surface area contributed by atoms with Gasteiger partial charge < -0.3 is 15.2 Å². The molecule has 1 aliphatic carbocycles. The number of rotatable bonds is 3. The van der Waals surface area contributed by atoms with Gasteiger partial charge >= 0.3 is 0 Å². The first-order chi connectivity index (χ1) is 11.1. The minimum absolute atomic E-state index is 0.123. The van der Waals surface area contributed by atoms with Crippen LogP contribution >= 0.6 is 11.6 Å². The van der Waals surface area contributed by atoms with Gasteiger partial charge in [-0.1, -0.05) is 29.8 Å². The lowest BCUT2D eigenvalue weighted by atomic mass is 9.91. The first-order valence-corrected chi connectivity index (χ1v) is 8.07. The molecule has 2 heterocycles. The van der Waals surface area contributed by atoms with Crippen LogP contribution in [0.1, 0.15) is 12.0 Å². The minimum atomic E-state index is -0.764. The summed E-state index contributed by atoms with van der Waals surface area (Å²) in [7, 11) is 0. The fraction of sp³-hybridized carbons (Fsp3) is 0.412. The maximum Gasteiger partial charge on any atom is 0.149 e. The number of hydrogen-bond acceptors (Lipinski definition) is 4. The van der Waals surface area contributed by atoms with E-state index >= 15 is 0 Å². The van der Waals surface area contributed by atoms with Crippen LogP contribution in [0.4, 0.5) is 4.39 Å². The van der Waals surface area contributed by atoms with Crippen LogP contribution in [-0.4, -0.2) is 48.1 Å². The van der Waals surface area contributed by atoms with E-state index in [1.165, 1.54) is 0 Å². The third-order valence-corrected chi connectivity index (χ3v) is 4.99. The predicted octanol–water partition coefficient (Wildman–Crippen LogP) is 2.14. The van der Waals surface area contributed by atoms with Gasteiger partial charge in [0.15, 0.2) is 0 Å². The summed E-state index contributed by atoms with van der Waals surface area (Å²) in [5.41, 5.74) is 1.81. The molecular weight excluding hydrogens is 319 g/mol. The summed E-state index contributed by atoms with van der Waals surface area (Å²) in [6.45, 7) is 1.98. The molecule has 2 N–H and O–H groups in total. The van der Waals surface area contributed by atoms with Crippen molar-refractivity contribution in [2.75, 3.05) is 26.4 Å². The van der Waals surface area contributed by atoms with Crippen molar-refractivity contribution in [1.29, 1.82) is 0 Å². The van der Waals surface area contributed by atoms with E-state index in [4.69, 9.17) is 16.3 Å². The number of aliphatic hydroxyl groups is 1. The molecule has 1 aromatic rings. The Morgan fingerprint density at radius 1 is 1.39 bits per heavy atom. The molecule has 0 radical (unpaired) electrons. The van der Waals surface area contributed by atoms with Crippen LogP contribution < -0.4 is 5.32 Å². The standard InChI is InChI=1S/C17H18ClFN2O2/c18-13-3-1-2-12(16(13)19)11-4-5-14-15(6-11)21(10-20-14)7-17(22)8-23-9-17/h1-5,15,20,22H,6-10H2. The maximum absolute atomic E-state index is 14.3. The zero-order valence-electron chi connectivity index (χ0n) is 12.6. The molecule has 4 nitrogen and oxygen atoms in total. The maximum atomic E-state index is 14.3. The molecule has 0 amide bonds. The van der Waals surface area contributed by atoms with Gasteiger partial charge in [-0.05, 0) is 24.1 Å². The smallest absolute Gasteiger partial charge is 0.149 e. The Balaban J connectivity index is 1.56. The Morgan fingerprint density at radius 3 is 2.96 bits per heavy atom. The lowest BCUT2D eigenvalue weighted by Gasteiger charge is -2.40. The van der Waals surface area contributed by atoms with Crippen molar-refractivity contribution in [2.45, 2.75) is 18.1 Å². The Labute approximate surface area is 139 Å². The van der Waals surface area contributed by atoms with E-state index in [1.807, 2.05) is 12.2 Å². The summed E-state index contributed by atoms with van der Waals surface area (Å²) in [5, 5.41) is 13.8.